The first-order valence-corrected chi connectivity index (χ1v) is 11.3. The Balaban J connectivity index is 1.40. The van der Waals surface area contributed by atoms with Crippen LogP contribution in [0.2, 0.25) is 5.02 Å². The van der Waals surface area contributed by atoms with Gasteiger partial charge in [-0.05, 0) is 36.1 Å². The molecule has 5 rings (SSSR count). The number of urea groups is 1. The normalized spacial score (nSPS) is 19.7. The molecule has 5 heteroatoms. The summed E-state index contributed by atoms with van der Waals surface area (Å²) in [5, 5.41) is 3.72. The lowest BCUT2D eigenvalue weighted by molar-refractivity contribution is 0.106. The minimum atomic E-state index is -0.104. The molecule has 3 aromatic carbocycles. The van der Waals surface area contributed by atoms with Crippen molar-refractivity contribution in [1.29, 1.82) is 0 Å². The number of nitrogens with zero attached hydrogens (tertiary/aromatic N) is 2. The first-order valence-electron chi connectivity index (χ1n) is 10.9. The fourth-order valence-electron chi connectivity index (χ4n) is 4.87. The van der Waals surface area contributed by atoms with Crippen molar-refractivity contribution in [2.75, 3.05) is 18.4 Å². The zero-order chi connectivity index (χ0) is 21.2. The largest absolute Gasteiger partial charge is 0.322 e. The summed E-state index contributed by atoms with van der Waals surface area (Å²) in [6.45, 7) is 2.93. The molecule has 0 bridgehead atoms. The maximum atomic E-state index is 13.3. The molecule has 31 heavy (non-hydrogen) atoms. The summed E-state index contributed by atoms with van der Waals surface area (Å²) in [5.74, 6) is 0. The smallest absolute Gasteiger partial charge is 0.310 e. The summed E-state index contributed by atoms with van der Waals surface area (Å²) in [5.41, 5.74) is 4.38. The average molecular weight is 432 g/mol. The number of amides is 2. The Kier molecular flexibility index (Phi) is 5.66. The fraction of sp³-hybridized carbons (Fsp3) is 0.269. The predicted octanol–water partition coefficient (Wildman–Crippen LogP) is 5.94. The number of hydrogen-bond acceptors (Lipinski definition) is 2. The highest BCUT2D eigenvalue weighted by Crippen LogP contribution is 2.41. The van der Waals surface area contributed by atoms with Crippen molar-refractivity contribution >= 4 is 23.3 Å². The van der Waals surface area contributed by atoms with E-state index in [4.69, 9.17) is 11.6 Å². The van der Waals surface area contributed by atoms with Gasteiger partial charge in [-0.25, -0.2) is 4.79 Å². The molecular weight excluding hydrogens is 406 g/mol. The van der Waals surface area contributed by atoms with Crippen LogP contribution in [-0.4, -0.2) is 35.0 Å². The lowest BCUT2D eigenvalue weighted by Crippen LogP contribution is -2.52. The second kappa shape index (κ2) is 8.74. The van der Waals surface area contributed by atoms with Gasteiger partial charge in [-0.1, -0.05) is 78.3 Å². The first kappa shape index (κ1) is 20.1. The SMILES string of the molecule is O=C1Nc2cc(Cl)ccc2C(c2ccccc2)N1C1CCN(Cc2ccccc2)CC1. The molecule has 0 spiro atoms. The highest BCUT2D eigenvalue weighted by Gasteiger charge is 2.39. The van der Waals surface area contributed by atoms with Crippen LogP contribution in [0.15, 0.2) is 78.9 Å². The summed E-state index contributed by atoms with van der Waals surface area (Å²) in [7, 11) is 0. The van der Waals surface area contributed by atoms with Crippen LogP contribution >= 0.6 is 11.6 Å². The number of anilines is 1. The Hall–Kier alpha value is -2.82. The lowest BCUT2D eigenvalue weighted by Gasteiger charge is -2.45. The number of fused-ring (bicyclic) bond motifs is 1. The minimum absolute atomic E-state index is 0.0369. The van der Waals surface area contributed by atoms with Gasteiger partial charge in [0.15, 0.2) is 0 Å². The van der Waals surface area contributed by atoms with Gasteiger partial charge in [0.05, 0.1) is 6.04 Å². The Morgan fingerprint density at radius 3 is 2.29 bits per heavy atom. The zero-order valence-electron chi connectivity index (χ0n) is 17.4. The van der Waals surface area contributed by atoms with Gasteiger partial charge in [0, 0.05) is 41.9 Å². The van der Waals surface area contributed by atoms with E-state index in [1.54, 1.807) is 0 Å². The van der Waals surface area contributed by atoms with Gasteiger partial charge < -0.3 is 10.2 Å². The number of rotatable bonds is 4. The molecule has 1 fully saturated rings. The van der Waals surface area contributed by atoms with Crippen molar-refractivity contribution in [3.8, 4) is 0 Å². The van der Waals surface area contributed by atoms with Gasteiger partial charge in [-0.2, -0.15) is 0 Å². The van der Waals surface area contributed by atoms with Crippen LogP contribution in [0.5, 0.6) is 0 Å². The summed E-state index contributed by atoms with van der Waals surface area (Å²) in [6, 6.07) is 26.8. The Labute approximate surface area is 188 Å². The molecular formula is C26H26ClN3O. The molecule has 3 aromatic rings. The van der Waals surface area contributed by atoms with E-state index in [-0.39, 0.29) is 18.1 Å². The van der Waals surface area contributed by atoms with Gasteiger partial charge in [-0.15, -0.1) is 0 Å². The van der Waals surface area contributed by atoms with Crippen LogP contribution < -0.4 is 5.32 Å². The number of likely N-dealkylation sites (tertiary alicyclic amines) is 1. The summed E-state index contributed by atoms with van der Waals surface area (Å²) in [6.07, 6.45) is 1.93. The number of carbonyl (C=O) groups excluding carboxylic acids is 1. The number of nitrogens with one attached hydrogen (secondary N) is 1. The summed E-state index contributed by atoms with van der Waals surface area (Å²) in [4.78, 5) is 17.8. The molecule has 2 aliphatic heterocycles. The molecule has 0 aromatic heterocycles. The van der Waals surface area contributed by atoms with E-state index in [2.05, 4.69) is 57.6 Å². The molecule has 1 unspecified atom stereocenters. The van der Waals surface area contributed by atoms with Crippen molar-refractivity contribution in [3.63, 3.8) is 0 Å². The van der Waals surface area contributed by atoms with Crippen molar-refractivity contribution in [2.24, 2.45) is 0 Å². The second-order valence-electron chi connectivity index (χ2n) is 8.38. The van der Waals surface area contributed by atoms with Crippen molar-refractivity contribution in [3.05, 3.63) is 101 Å². The van der Waals surface area contributed by atoms with Crippen molar-refractivity contribution < 1.29 is 4.79 Å². The van der Waals surface area contributed by atoms with Gasteiger partial charge in [0.1, 0.15) is 0 Å². The summed E-state index contributed by atoms with van der Waals surface area (Å²) >= 11 is 6.22. The van der Waals surface area contributed by atoms with Gasteiger partial charge in [-0.3, -0.25) is 4.90 Å². The van der Waals surface area contributed by atoms with E-state index in [1.165, 1.54) is 5.56 Å². The Morgan fingerprint density at radius 2 is 1.58 bits per heavy atom. The highest BCUT2D eigenvalue weighted by molar-refractivity contribution is 6.31. The van der Waals surface area contributed by atoms with Crippen molar-refractivity contribution in [2.45, 2.75) is 31.5 Å². The van der Waals surface area contributed by atoms with Gasteiger partial charge in [0.25, 0.3) is 0 Å². The number of carbonyl (C=O) groups is 1. The molecule has 2 aliphatic rings. The quantitative estimate of drug-likeness (QED) is 0.554. The number of piperidine rings is 1. The van der Waals surface area contributed by atoms with Crippen LogP contribution in [0.25, 0.3) is 0 Å². The molecule has 1 atom stereocenters. The molecule has 158 valence electrons. The molecule has 4 nitrogen and oxygen atoms in total. The fourth-order valence-corrected chi connectivity index (χ4v) is 5.04. The topological polar surface area (TPSA) is 35.6 Å². The molecule has 2 heterocycles. The molecule has 0 saturated carbocycles. The van der Waals surface area contributed by atoms with Gasteiger partial charge >= 0.3 is 6.03 Å². The molecule has 0 radical (unpaired) electrons. The van der Waals surface area contributed by atoms with Gasteiger partial charge in [0.2, 0.25) is 0 Å². The maximum Gasteiger partial charge on any atom is 0.322 e. The molecule has 2 amide bonds. The number of halogens is 1. The third-order valence-electron chi connectivity index (χ3n) is 6.38. The Morgan fingerprint density at radius 1 is 0.903 bits per heavy atom. The Bertz CT molecular complexity index is 1050. The van der Waals surface area contributed by atoms with Crippen LogP contribution in [0.4, 0.5) is 10.5 Å². The standard InChI is InChI=1S/C26H26ClN3O/c27-21-11-12-23-24(17-21)28-26(31)30(25(23)20-9-5-2-6-10-20)22-13-15-29(16-14-22)18-19-7-3-1-4-8-19/h1-12,17,22,25H,13-16,18H2,(H,28,31). The molecule has 0 aliphatic carbocycles. The highest BCUT2D eigenvalue weighted by atomic mass is 35.5. The lowest BCUT2D eigenvalue weighted by atomic mass is 9.90. The van der Waals surface area contributed by atoms with E-state index >= 15 is 0 Å². The molecule has 1 N–H and O–H groups in total. The summed E-state index contributed by atoms with van der Waals surface area (Å²) < 4.78 is 0. The second-order valence-corrected chi connectivity index (χ2v) is 8.81. The monoisotopic (exact) mass is 431 g/mol. The predicted molar refractivity (Wildman–Crippen MR) is 125 cm³/mol. The first-order chi connectivity index (χ1) is 15.2. The third kappa shape index (κ3) is 4.18. The maximum absolute atomic E-state index is 13.3. The van der Waals surface area contributed by atoms with Crippen LogP contribution in [0.3, 0.4) is 0 Å². The van der Waals surface area contributed by atoms with E-state index in [0.29, 0.717) is 5.02 Å². The van der Waals surface area contributed by atoms with Crippen LogP contribution in [0.1, 0.15) is 35.6 Å². The van der Waals surface area contributed by atoms with Crippen LogP contribution in [-0.2, 0) is 6.54 Å². The zero-order valence-corrected chi connectivity index (χ0v) is 18.1. The van der Waals surface area contributed by atoms with Crippen molar-refractivity contribution in [1.82, 2.24) is 9.80 Å². The average Bonchev–Trinajstić information content (AvgIpc) is 2.80. The van der Waals surface area contributed by atoms with Crippen LogP contribution in [0, 0.1) is 0 Å². The number of benzene rings is 3. The molecule has 1 saturated heterocycles. The number of hydrogen-bond donors (Lipinski definition) is 1. The van der Waals surface area contributed by atoms with E-state index in [9.17, 15) is 4.79 Å². The minimum Gasteiger partial charge on any atom is -0.310 e. The van der Waals surface area contributed by atoms with E-state index < -0.39 is 0 Å². The van der Waals surface area contributed by atoms with E-state index in [0.717, 1.165) is 49.3 Å². The van der Waals surface area contributed by atoms with E-state index in [1.807, 2.05) is 36.4 Å². The third-order valence-corrected chi connectivity index (χ3v) is 6.61.